The van der Waals surface area contributed by atoms with Crippen LogP contribution in [0.25, 0.3) is 0 Å². The monoisotopic (exact) mass is 226 g/mol. The van der Waals surface area contributed by atoms with Gasteiger partial charge in [-0.25, -0.2) is 0 Å². The van der Waals surface area contributed by atoms with E-state index in [-0.39, 0.29) is 0 Å². The molecule has 0 aliphatic heterocycles. The number of hydrogen-bond donors (Lipinski definition) is 0. The van der Waals surface area contributed by atoms with Crippen molar-refractivity contribution in [3.05, 3.63) is 15.9 Å². The smallest absolute Gasteiger partial charge is 0.208 e. The van der Waals surface area contributed by atoms with Crippen LogP contribution < -0.4 is 4.80 Å². The molecular weight excluding hydrogens is 216 g/mol. The Kier molecular flexibility index (Phi) is 3.92. The van der Waals surface area contributed by atoms with Crippen LogP contribution >= 0.6 is 23.1 Å². The van der Waals surface area contributed by atoms with Crippen molar-refractivity contribution in [1.29, 1.82) is 5.26 Å². The van der Waals surface area contributed by atoms with Gasteiger partial charge < -0.3 is 4.57 Å². The van der Waals surface area contributed by atoms with Gasteiger partial charge in [0.1, 0.15) is 0 Å². The van der Waals surface area contributed by atoms with Crippen LogP contribution in [0.4, 0.5) is 0 Å². The molecule has 0 N–H and O–H groups in total. The van der Waals surface area contributed by atoms with Gasteiger partial charge in [-0.3, -0.25) is 0 Å². The number of thiazole rings is 1. The highest BCUT2D eigenvalue weighted by atomic mass is 32.2. The summed E-state index contributed by atoms with van der Waals surface area (Å²) in [7, 11) is 1.94. The summed E-state index contributed by atoms with van der Waals surface area (Å²) in [6.45, 7) is 2.01. The fraction of sp³-hybridized carbons (Fsp3) is 0.375. The second-order valence-electron chi connectivity index (χ2n) is 2.53. The molecule has 0 atom stereocenters. The molecule has 4 nitrogen and oxygen atoms in total. The lowest BCUT2D eigenvalue weighted by Gasteiger charge is -1.94. The minimum Gasteiger partial charge on any atom is -0.324 e. The van der Waals surface area contributed by atoms with E-state index in [9.17, 15) is 0 Å². The first-order chi connectivity index (χ1) is 6.69. The summed E-state index contributed by atoms with van der Waals surface area (Å²) in [5, 5.41) is 10.9. The van der Waals surface area contributed by atoms with Gasteiger partial charge in [-0.1, -0.05) is 11.8 Å². The van der Waals surface area contributed by atoms with E-state index in [1.165, 1.54) is 23.1 Å². The van der Waals surface area contributed by atoms with Crippen molar-refractivity contribution in [3.63, 3.8) is 0 Å². The molecule has 0 fully saturated rings. The van der Waals surface area contributed by atoms with Gasteiger partial charge in [-0.05, 0) is 13.2 Å². The predicted molar refractivity (Wildman–Crippen MR) is 60.2 cm³/mol. The van der Waals surface area contributed by atoms with Gasteiger partial charge in [0.05, 0.1) is 0 Å². The largest absolute Gasteiger partial charge is 0.324 e. The Morgan fingerprint density at radius 3 is 2.86 bits per heavy atom. The molecule has 0 saturated carbocycles. The predicted octanol–water partition coefficient (Wildman–Crippen LogP) is 1.50. The highest BCUT2D eigenvalue weighted by Crippen LogP contribution is 2.01. The first-order valence-electron chi connectivity index (χ1n) is 3.85. The van der Waals surface area contributed by atoms with Crippen LogP contribution in [-0.4, -0.2) is 16.0 Å². The van der Waals surface area contributed by atoms with Crippen molar-refractivity contribution >= 4 is 28.3 Å². The second-order valence-corrected chi connectivity index (χ2v) is 4.14. The van der Waals surface area contributed by atoms with E-state index in [1.807, 2.05) is 30.2 Å². The van der Waals surface area contributed by atoms with E-state index in [0.717, 1.165) is 10.5 Å². The van der Waals surface area contributed by atoms with Crippen LogP contribution in [0.2, 0.25) is 0 Å². The van der Waals surface area contributed by atoms with E-state index in [4.69, 9.17) is 5.26 Å². The zero-order valence-corrected chi connectivity index (χ0v) is 9.82. The standard InChI is InChI=1S/C8H10N4S2/c1-6-4-14-8(12(6)2)11-7(13-3)10-5-9/h4H,1-3H3. The fourth-order valence-corrected chi connectivity index (χ4v) is 2.03. The maximum absolute atomic E-state index is 8.41. The molecule has 74 valence electrons. The number of nitriles is 1. The summed E-state index contributed by atoms with van der Waals surface area (Å²) < 4.78 is 1.97. The topological polar surface area (TPSA) is 53.4 Å². The van der Waals surface area contributed by atoms with E-state index in [2.05, 4.69) is 9.98 Å². The van der Waals surface area contributed by atoms with Gasteiger partial charge in [0.15, 0.2) is 4.80 Å². The molecule has 0 spiro atoms. The number of aryl methyl sites for hydroxylation is 1. The normalized spacial score (nSPS) is 13.0. The molecular formula is C8H10N4S2. The van der Waals surface area contributed by atoms with Crippen LogP contribution in [0.15, 0.2) is 15.4 Å². The fourth-order valence-electron chi connectivity index (χ4n) is 0.789. The Balaban J connectivity index is 3.17. The SMILES string of the molecule is CSC(=NC#N)N=c1scc(C)n1C. The first-order valence-corrected chi connectivity index (χ1v) is 5.96. The van der Waals surface area contributed by atoms with E-state index >= 15 is 0 Å². The van der Waals surface area contributed by atoms with Crippen LogP contribution in [0.1, 0.15) is 5.69 Å². The third kappa shape index (κ3) is 2.47. The average Bonchev–Trinajstić information content (AvgIpc) is 2.49. The highest BCUT2D eigenvalue weighted by molar-refractivity contribution is 8.13. The van der Waals surface area contributed by atoms with Crippen LogP contribution in [0.3, 0.4) is 0 Å². The maximum Gasteiger partial charge on any atom is 0.208 e. The molecule has 0 bridgehead atoms. The molecule has 1 aromatic heterocycles. The molecule has 6 heteroatoms. The van der Waals surface area contributed by atoms with Crippen molar-refractivity contribution in [2.45, 2.75) is 6.92 Å². The van der Waals surface area contributed by atoms with Crippen LogP contribution in [-0.2, 0) is 7.05 Å². The van der Waals surface area contributed by atoms with E-state index < -0.39 is 0 Å². The lowest BCUT2D eigenvalue weighted by atomic mass is 10.6. The third-order valence-corrected chi connectivity index (χ3v) is 3.25. The van der Waals surface area contributed by atoms with Gasteiger partial charge >= 0.3 is 0 Å². The van der Waals surface area contributed by atoms with Crippen molar-refractivity contribution < 1.29 is 0 Å². The summed E-state index contributed by atoms with van der Waals surface area (Å²) in [6.07, 6.45) is 3.58. The Morgan fingerprint density at radius 1 is 1.71 bits per heavy atom. The molecule has 0 saturated heterocycles. The zero-order chi connectivity index (χ0) is 10.6. The minimum absolute atomic E-state index is 0.491. The molecule has 0 aromatic carbocycles. The van der Waals surface area contributed by atoms with Gasteiger partial charge in [0.2, 0.25) is 11.4 Å². The summed E-state index contributed by atoms with van der Waals surface area (Å²) in [4.78, 5) is 8.71. The Bertz CT molecular complexity index is 447. The number of hydrogen-bond acceptors (Lipinski definition) is 4. The van der Waals surface area contributed by atoms with E-state index in [0.29, 0.717) is 5.17 Å². The highest BCUT2D eigenvalue weighted by Gasteiger charge is 1.97. The number of aliphatic imine (C=N–C) groups is 1. The molecule has 0 amide bonds. The summed E-state index contributed by atoms with van der Waals surface area (Å²) in [5.41, 5.74) is 1.14. The average molecular weight is 226 g/mol. The second kappa shape index (κ2) is 4.98. The van der Waals surface area contributed by atoms with Crippen molar-refractivity contribution in [3.8, 4) is 6.19 Å². The van der Waals surface area contributed by atoms with E-state index in [1.54, 1.807) is 6.19 Å². The van der Waals surface area contributed by atoms with Crippen molar-refractivity contribution in [2.75, 3.05) is 6.26 Å². The zero-order valence-electron chi connectivity index (χ0n) is 8.18. The van der Waals surface area contributed by atoms with Gasteiger partial charge in [-0.15, -0.1) is 16.3 Å². The molecule has 0 aliphatic carbocycles. The Hall–Kier alpha value is -1.06. The molecule has 14 heavy (non-hydrogen) atoms. The van der Waals surface area contributed by atoms with Crippen LogP contribution in [0, 0.1) is 18.4 Å². The first kappa shape index (κ1) is 11.0. The molecule has 1 heterocycles. The van der Waals surface area contributed by atoms with Crippen molar-refractivity contribution in [2.24, 2.45) is 17.0 Å². The van der Waals surface area contributed by atoms with Crippen molar-refractivity contribution in [1.82, 2.24) is 4.57 Å². The molecule has 0 aliphatic rings. The van der Waals surface area contributed by atoms with Gasteiger partial charge in [0.25, 0.3) is 0 Å². The molecule has 0 radical (unpaired) electrons. The molecule has 0 unspecified atom stereocenters. The Labute approximate surface area is 90.6 Å². The molecule has 1 aromatic rings. The minimum atomic E-state index is 0.491. The quantitative estimate of drug-likeness (QED) is 0.382. The summed E-state index contributed by atoms with van der Waals surface area (Å²) >= 11 is 2.90. The van der Waals surface area contributed by atoms with Gasteiger partial charge in [-0.2, -0.15) is 10.3 Å². The number of thioether (sulfide) groups is 1. The number of aromatic nitrogens is 1. The number of amidine groups is 1. The van der Waals surface area contributed by atoms with Crippen LogP contribution in [0.5, 0.6) is 0 Å². The lowest BCUT2D eigenvalue weighted by molar-refractivity contribution is 0.838. The summed E-state index contributed by atoms with van der Waals surface area (Å²) in [6, 6.07) is 0. The third-order valence-electron chi connectivity index (χ3n) is 1.67. The number of rotatable bonds is 0. The Morgan fingerprint density at radius 2 is 2.43 bits per heavy atom. The number of nitrogens with zero attached hydrogens (tertiary/aromatic N) is 4. The maximum atomic E-state index is 8.41. The lowest BCUT2D eigenvalue weighted by Crippen LogP contribution is -2.13. The van der Waals surface area contributed by atoms with Gasteiger partial charge in [0, 0.05) is 18.1 Å². The summed E-state index contributed by atoms with van der Waals surface area (Å²) in [5.74, 6) is 0. The molecule has 1 rings (SSSR count).